The van der Waals surface area contributed by atoms with Crippen molar-refractivity contribution in [1.29, 1.82) is 0 Å². The zero-order valence-electron chi connectivity index (χ0n) is 46.8. The monoisotopic (exact) mass is 1340 g/mol. The molecule has 0 spiro atoms. The fraction of sp³-hybridized carbons (Fsp3) is 0.958. The summed E-state index contributed by atoms with van der Waals surface area (Å²) in [4.78, 5) is 22.7. The van der Waals surface area contributed by atoms with Gasteiger partial charge in [0.2, 0.25) is 0 Å². The molecule has 7 aliphatic rings. The fourth-order valence-corrected chi connectivity index (χ4v) is 12.8. The Bertz CT molecular complexity index is 2180. The van der Waals surface area contributed by atoms with Gasteiger partial charge in [-0.3, -0.25) is 9.59 Å². The van der Waals surface area contributed by atoms with Crippen molar-refractivity contribution in [2.75, 3.05) is 62.7 Å². The van der Waals surface area contributed by atoms with Crippen LogP contribution >= 0.6 is 23.5 Å². The van der Waals surface area contributed by atoms with Crippen LogP contribution < -0.4 is 11.5 Å². The Balaban J connectivity index is 0.993. The van der Waals surface area contributed by atoms with E-state index in [9.17, 15) is 117 Å². The Kier molecular flexibility index (Phi) is 27.9. The number of hydrogen-bond donors (Lipinski definition) is 24. The fourth-order valence-electron chi connectivity index (χ4n) is 10.7. The first-order chi connectivity index (χ1) is 42.1. The van der Waals surface area contributed by atoms with Crippen LogP contribution in [0, 0.1) is 0 Å². The first-order valence-corrected chi connectivity index (χ1v) is 30.3. The Morgan fingerprint density at radius 3 is 0.888 bits per heavy atom. The molecule has 14 unspecified atom stereocenters. The van der Waals surface area contributed by atoms with E-state index in [-0.39, 0.29) is 23.9 Å². The maximum Gasteiger partial charge on any atom is 0.321 e. The van der Waals surface area contributed by atoms with Gasteiger partial charge in [-0.25, -0.2) is 0 Å². The molecule has 26 N–H and O–H groups in total. The summed E-state index contributed by atoms with van der Waals surface area (Å²) in [6, 6.07) is -2.78. The number of rotatable bonds is 27. The van der Waals surface area contributed by atoms with Crippen LogP contribution in [0.25, 0.3) is 0 Å². The quantitative estimate of drug-likeness (QED) is 0.0363. The van der Waals surface area contributed by atoms with Crippen molar-refractivity contribution in [3.63, 3.8) is 0 Å². The summed E-state index contributed by atoms with van der Waals surface area (Å²) >= 11 is 1.70. The molecule has 41 heteroatoms. The molecule has 7 rings (SSSR count). The second-order valence-electron chi connectivity index (χ2n) is 22.0. The first kappa shape index (κ1) is 74.6. The number of ether oxygens (including phenoxy) is 13. The van der Waals surface area contributed by atoms with Crippen molar-refractivity contribution in [2.45, 2.75) is 221 Å². The topological polar surface area (TPSA) is 651 Å². The van der Waals surface area contributed by atoms with E-state index in [0.29, 0.717) is 0 Å². The van der Waals surface area contributed by atoms with Crippen molar-refractivity contribution in [1.82, 2.24) is 0 Å². The summed E-state index contributed by atoms with van der Waals surface area (Å²) in [5, 5.41) is 236. The Morgan fingerprint density at radius 1 is 0.348 bits per heavy atom. The zero-order chi connectivity index (χ0) is 65.6. The highest BCUT2D eigenvalue weighted by Gasteiger charge is 2.58. The molecule has 39 nitrogen and oxygen atoms in total. The molecule has 7 aliphatic heterocycles. The van der Waals surface area contributed by atoms with Crippen LogP contribution in [0.4, 0.5) is 0 Å². The van der Waals surface area contributed by atoms with Gasteiger partial charge in [-0.15, -0.1) is 0 Å². The number of aliphatic hydroxyl groups excluding tert-OH is 20. The molecule has 518 valence electrons. The summed E-state index contributed by atoms with van der Waals surface area (Å²) in [6.07, 6.45) is -64.6. The highest BCUT2D eigenvalue weighted by Crippen LogP contribution is 2.38. The molecule has 7 heterocycles. The molecular formula is C48H82N2O37S2. The van der Waals surface area contributed by atoms with Crippen molar-refractivity contribution in [2.24, 2.45) is 11.5 Å². The Hall–Kier alpha value is -1.76. The van der Waals surface area contributed by atoms with Crippen LogP contribution in [-0.4, -0.2) is 408 Å². The molecule has 36 atom stereocenters. The number of thioether (sulfide) groups is 2. The minimum atomic E-state index is -2.26. The largest absolute Gasteiger partial charge is 0.480 e. The maximum absolute atomic E-state index is 11.7. The molecule has 0 bridgehead atoms. The highest BCUT2D eigenvalue weighted by molar-refractivity contribution is 7.99. The normalized spacial score (nSPS) is 48.2. The summed E-state index contributed by atoms with van der Waals surface area (Å²) in [5.74, 6) is -3.81. The first-order valence-electron chi connectivity index (χ1n) is 28.0. The van der Waals surface area contributed by atoms with Gasteiger partial charge in [-0.1, -0.05) is 0 Å². The van der Waals surface area contributed by atoms with Crippen LogP contribution in [0.15, 0.2) is 0 Å². The zero-order valence-corrected chi connectivity index (χ0v) is 48.4. The Labute approximate surface area is 512 Å². The van der Waals surface area contributed by atoms with Crippen molar-refractivity contribution in [3.05, 3.63) is 0 Å². The second-order valence-corrected chi connectivity index (χ2v) is 24.2. The van der Waals surface area contributed by atoms with Crippen molar-refractivity contribution < 1.29 is 184 Å². The number of aliphatic hydroxyl groups is 20. The van der Waals surface area contributed by atoms with E-state index < -0.39 is 271 Å². The minimum absolute atomic E-state index is 0.155. The predicted molar refractivity (Wildman–Crippen MR) is 282 cm³/mol. The Morgan fingerprint density at radius 2 is 0.596 bits per heavy atom. The average Bonchev–Trinajstić information content (AvgIpc) is 3.65. The molecule has 89 heavy (non-hydrogen) atoms. The van der Waals surface area contributed by atoms with Gasteiger partial charge in [0.25, 0.3) is 0 Å². The van der Waals surface area contributed by atoms with Crippen LogP contribution in [0.2, 0.25) is 0 Å². The van der Waals surface area contributed by atoms with Gasteiger partial charge in [0, 0.05) is 23.0 Å². The van der Waals surface area contributed by atoms with Gasteiger partial charge in [0.15, 0.2) is 37.7 Å². The minimum Gasteiger partial charge on any atom is -0.480 e. The summed E-state index contributed by atoms with van der Waals surface area (Å²) in [7, 11) is 0. The van der Waals surface area contributed by atoms with E-state index in [1.54, 1.807) is 0 Å². The van der Waals surface area contributed by atoms with Gasteiger partial charge in [-0.05, 0) is 0 Å². The smallest absolute Gasteiger partial charge is 0.321 e. The third-order valence-electron chi connectivity index (χ3n) is 15.9. The third-order valence-corrected chi connectivity index (χ3v) is 18.2. The molecular weight excluding hydrogens is 1260 g/mol. The third kappa shape index (κ3) is 17.1. The van der Waals surface area contributed by atoms with E-state index in [1.165, 1.54) is 0 Å². The van der Waals surface area contributed by atoms with Crippen LogP contribution in [-0.2, 0) is 71.2 Å². The van der Waals surface area contributed by atoms with E-state index in [2.05, 4.69) is 0 Å². The lowest BCUT2D eigenvalue weighted by Gasteiger charge is -2.50. The number of carboxylic acids is 2. The molecule has 0 aliphatic carbocycles. The number of hydrogen-bond acceptors (Lipinski definition) is 39. The van der Waals surface area contributed by atoms with Crippen LogP contribution in [0.3, 0.4) is 0 Å². The predicted octanol–water partition coefficient (Wildman–Crippen LogP) is -15.3. The average molecular weight is 1340 g/mol. The van der Waals surface area contributed by atoms with E-state index in [0.717, 1.165) is 23.5 Å². The number of carboxylic acid groups (broad SMARTS) is 2. The lowest BCUT2D eigenvalue weighted by atomic mass is 9.95. The van der Waals surface area contributed by atoms with E-state index in [1.807, 2.05) is 0 Å². The van der Waals surface area contributed by atoms with Gasteiger partial charge in [0.1, 0.15) is 171 Å². The standard InChI is InChI=1S/C48H82N2O37S2/c49-11(41(71)72)7-88-9-19-22(58)23(59)29(65)43(80-19)83-36-15(2-52)77-45(31(67)25(36)61)85-38-17(4-54)79-47(33(69)27(38)63)87-40-20(10-89-8-12(50)42(73)74)81-48(34(70)28(40)64)86-39-18(5-55)78-46(32(68)26(39)62)84-37-16(3-53)76-44(30(66)24(37)60)82-35-14(1-51)75-6-13(56)21(35)57/h11-40,43-48,51-70H,1-10,49-50H2,(H,71,72)(H,73,74)/t11-,12-,13?,14?,15?,16?,17?,18?,19?,20?,21-,22+,23+,24?,25?,26?,27?,28?,29?,30+,31+,32+,33+,34+,35-,36-,37-,38-,39-,40-,43-,44-,45+,46-,47+,48+/m1/s1. The molecule has 0 aromatic rings. The molecule has 0 radical (unpaired) electrons. The van der Waals surface area contributed by atoms with Gasteiger partial charge >= 0.3 is 11.9 Å². The number of aliphatic carboxylic acids is 2. The molecule has 7 fully saturated rings. The van der Waals surface area contributed by atoms with E-state index in [4.69, 9.17) is 78.2 Å². The second kappa shape index (κ2) is 33.3. The molecule has 0 aromatic carbocycles. The van der Waals surface area contributed by atoms with Gasteiger partial charge in [-0.2, -0.15) is 23.5 Å². The summed E-state index contributed by atoms with van der Waals surface area (Å²) < 4.78 is 74.1. The molecule has 0 saturated carbocycles. The van der Waals surface area contributed by atoms with Gasteiger partial charge in [0.05, 0.1) is 51.8 Å². The van der Waals surface area contributed by atoms with Crippen molar-refractivity contribution in [3.8, 4) is 0 Å². The van der Waals surface area contributed by atoms with Crippen molar-refractivity contribution >= 4 is 35.5 Å². The summed E-state index contributed by atoms with van der Waals surface area (Å²) in [5.41, 5.74) is 11.2. The lowest BCUT2D eigenvalue weighted by Crippen LogP contribution is -2.68. The van der Waals surface area contributed by atoms with Gasteiger partial charge < -0.3 is 185 Å². The number of nitrogens with two attached hydrogens (primary N) is 2. The maximum atomic E-state index is 11.7. The molecule has 7 saturated heterocycles. The lowest BCUT2D eigenvalue weighted by molar-refractivity contribution is -0.395. The number of carbonyl (C=O) groups is 2. The molecule has 0 amide bonds. The SMILES string of the molecule is N[C@H](CSCC1O[C@@H](O[C@@H]2C(CO)O[C@H](O[C@@H]3C(CO)O[C@H](O[C@@H]4C(CO)OCC(O)[C@H]4O)[C@@H](O)C3O)[C@@H](O)C2O)[C@@H](O)C(O)[C@@H]1O[C@@H]1OC(CO)[C@@H](O[C@@H]2OC(CO)[C@@H](O[C@H]3OC(CSC[C@@H](N)C(=O)O)[C@H](O)[C@H](O)C3O)C(O)[C@@H]2O)C(O)[C@@H]1O)C(=O)O. The van der Waals surface area contributed by atoms with Crippen LogP contribution in [0.1, 0.15) is 0 Å². The summed E-state index contributed by atoms with van der Waals surface area (Å²) in [6.45, 7) is -5.25. The molecule has 0 aromatic heterocycles. The highest BCUT2D eigenvalue weighted by atomic mass is 32.2. The van der Waals surface area contributed by atoms with E-state index >= 15 is 0 Å². The van der Waals surface area contributed by atoms with Crippen LogP contribution in [0.5, 0.6) is 0 Å².